The average molecular weight is 386 g/mol. The van der Waals surface area contributed by atoms with Crippen LogP contribution in [0.1, 0.15) is 43.2 Å². The highest BCUT2D eigenvalue weighted by Gasteiger charge is 2.46. The number of fused-ring (bicyclic) bond motifs is 1. The van der Waals surface area contributed by atoms with Crippen molar-refractivity contribution in [3.05, 3.63) is 29.3 Å². The van der Waals surface area contributed by atoms with Gasteiger partial charge < -0.3 is 15.2 Å². The number of hydrogen-bond acceptors (Lipinski definition) is 5. The Morgan fingerprint density at radius 3 is 2.75 bits per heavy atom. The number of ether oxygens (including phenoxy) is 1. The first-order valence-corrected chi connectivity index (χ1v) is 10.8. The van der Waals surface area contributed by atoms with Crippen LogP contribution in [0.15, 0.2) is 18.2 Å². The predicted molar refractivity (Wildman–Crippen MR) is 106 cm³/mol. The molecule has 6 nitrogen and oxygen atoms in total. The van der Waals surface area contributed by atoms with Gasteiger partial charge in [0.2, 0.25) is 5.91 Å². The highest BCUT2D eigenvalue weighted by Crippen LogP contribution is 2.33. The number of aryl methyl sites for hydroxylation is 2. The van der Waals surface area contributed by atoms with Crippen molar-refractivity contribution in [1.29, 1.82) is 0 Å². The zero-order valence-corrected chi connectivity index (χ0v) is 16.5. The molecule has 2 N–H and O–H groups in total. The first kappa shape index (κ1) is 18.4. The van der Waals surface area contributed by atoms with E-state index in [9.17, 15) is 9.90 Å². The summed E-state index contributed by atoms with van der Waals surface area (Å²) in [4.78, 5) is 15.8. The van der Waals surface area contributed by atoms with Gasteiger partial charge in [0.15, 0.2) is 6.35 Å². The summed E-state index contributed by atoms with van der Waals surface area (Å²) in [7, 11) is 0. The molecular formula is C22H31N3O3. The van der Waals surface area contributed by atoms with Gasteiger partial charge in [0.05, 0.1) is 12.1 Å². The predicted octanol–water partition coefficient (Wildman–Crippen LogP) is 1.51. The molecule has 0 saturated carbocycles. The lowest BCUT2D eigenvalue weighted by atomic mass is 9.92. The quantitative estimate of drug-likeness (QED) is 0.804. The number of likely N-dealkylation sites (tertiary alicyclic amines) is 2. The Balaban J connectivity index is 1.08. The van der Waals surface area contributed by atoms with Crippen LogP contribution in [0.3, 0.4) is 0 Å². The molecule has 1 aromatic rings. The first-order chi connectivity index (χ1) is 13.6. The Morgan fingerprint density at radius 1 is 1.14 bits per heavy atom. The monoisotopic (exact) mass is 385 g/mol. The molecule has 6 heteroatoms. The van der Waals surface area contributed by atoms with Crippen molar-refractivity contribution >= 4 is 5.91 Å². The standard InChI is InChI=1S/C22H31N3O3/c26-20-7-8-22(23-20)9-10-24(15-22)21(27)25-12-16(13-25)14-28-19-6-5-17-3-1-2-4-18(17)11-19/h5-6,11,16,21,27H,1-4,7-10,12-15H2,(H,23,26). The minimum absolute atomic E-state index is 0.0993. The zero-order chi connectivity index (χ0) is 19.1. The van der Waals surface area contributed by atoms with Crippen molar-refractivity contribution in [3.63, 3.8) is 0 Å². The Kier molecular flexibility index (Phi) is 4.81. The molecule has 1 aromatic carbocycles. The van der Waals surface area contributed by atoms with Crippen LogP contribution in [0.2, 0.25) is 0 Å². The van der Waals surface area contributed by atoms with Crippen molar-refractivity contribution < 1.29 is 14.6 Å². The molecule has 152 valence electrons. The number of aliphatic hydroxyl groups is 1. The fourth-order valence-corrected chi connectivity index (χ4v) is 5.33. The fraction of sp³-hybridized carbons (Fsp3) is 0.682. The van der Waals surface area contributed by atoms with Crippen molar-refractivity contribution in [2.75, 3.05) is 32.8 Å². The van der Waals surface area contributed by atoms with Gasteiger partial charge in [-0.05, 0) is 61.8 Å². The van der Waals surface area contributed by atoms with E-state index in [4.69, 9.17) is 4.74 Å². The molecule has 3 aliphatic heterocycles. The number of carbonyl (C=O) groups excluding carboxylic acids is 1. The summed E-state index contributed by atoms with van der Waals surface area (Å²) in [6.45, 7) is 4.03. The van der Waals surface area contributed by atoms with E-state index in [0.717, 1.165) is 44.8 Å². The van der Waals surface area contributed by atoms with Gasteiger partial charge in [-0.25, -0.2) is 0 Å². The van der Waals surface area contributed by atoms with Gasteiger partial charge in [-0.2, -0.15) is 0 Å². The Bertz CT molecular complexity index is 749. The molecule has 3 saturated heterocycles. The van der Waals surface area contributed by atoms with Crippen LogP contribution in [0.5, 0.6) is 5.75 Å². The van der Waals surface area contributed by atoms with E-state index in [1.807, 2.05) is 0 Å². The maximum atomic E-state index is 11.6. The van der Waals surface area contributed by atoms with Gasteiger partial charge in [0, 0.05) is 38.5 Å². The molecule has 2 unspecified atom stereocenters. The van der Waals surface area contributed by atoms with Crippen LogP contribution in [-0.2, 0) is 17.6 Å². The maximum absolute atomic E-state index is 11.6. The summed E-state index contributed by atoms with van der Waals surface area (Å²) < 4.78 is 6.05. The normalized spacial score (nSPS) is 29.5. The SMILES string of the molecule is O=C1CCC2(CCN(C(O)N3CC(COc4ccc5c(c4)CCCC5)C3)C2)N1. The minimum Gasteiger partial charge on any atom is -0.493 e. The number of aliphatic hydroxyl groups excluding tert-OH is 1. The average Bonchev–Trinajstić information content (AvgIpc) is 3.26. The van der Waals surface area contributed by atoms with Crippen molar-refractivity contribution in [2.24, 2.45) is 5.92 Å². The third-order valence-electron chi connectivity index (χ3n) is 7.06. The van der Waals surface area contributed by atoms with Gasteiger partial charge in [-0.1, -0.05) is 6.07 Å². The highest BCUT2D eigenvalue weighted by atomic mass is 16.5. The van der Waals surface area contributed by atoms with Crippen LogP contribution < -0.4 is 10.1 Å². The number of benzene rings is 1. The molecule has 1 amide bonds. The molecule has 3 heterocycles. The van der Waals surface area contributed by atoms with Crippen LogP contribution >= 0.6 is 0 Å². The summed E-state index contributed by atoms with van der Waals surface area (Å²) in [5.41, 5.74) is 2.84. The van der Waals surface area contributed by atoms with Gasteiger partial charge in [-0.3, -0.25) is 14.6 Å². The fourth-order valence-electron chi connectivity index (χ4n) is 5.33. The van der Waals surface area contributed by atoms with E-state index in [2.05, 4.69) is 33.3 Å². The Hall–Kier alpha value is -1.63. The second-order valence-corrected chi connectivity index (χ2v) is 9.16. The van der Waals surface area contributed by atoms with E-state index in [0.29, 0.717) is 18.9 Å². The van der Waals surface area contributed by atoms with Gasteiger partial charge in [0.25, 0.3) is 0 Å². The number of amides is 1. The van der Waals surface area contributed by atoms with Crippen molar-refractivity contribution in [2.45, 2.75) is 56.8 Å². The van der Waals surface area contributed by atoms with Crippen LogP contribution in [0.25, 0.3) is 0 Å². The largest absolute Gasteiger partial charge is 0.493 e. The molecule has 0 radical (unpaired) electrons. The lowest BCUT2D eigenvalue weighted by Gasteiger charge is -2.44. The van der Waals surface area contributed by atoms with E-state index in [1.54, 1.807) is 0 Å². The smallest absolute Gasteiger partial charge is 0.220 e. The molecular weight excluding hydrogens is 354 g/mol. The zero-order valence-electron chi connectivity index (χ0n) is 16.5. The second kappa shape index (κ2) is 7.32. The molecule has 1 spiro atoms. The molecule has 3 fully saturated rings. The summed E-state index contributed by atoms with van der Waals surface area (Å²) in [6.07, 6.45) is 6.87. The van der Waals surface area contributed by atoms with E-state index >= 15 is 0 Å². The topological polar surface area (TPSA) is 65.0 Å². The molecule has 4 aliphatic rings. The second-order valence-electron chi connectivity index (χ2n) is 9.16. The van der Waals surface area contributed by atoms with E-state index in [1.165, 1.54) is 36.8 Å². The van der Waals surface area contributed by atoms with Crippen molar-refractivity contribution in [1.82, 2.24) is 15.1 Å². The Morgan fingerprint density at radius 2 is 1.96 bits per heavy atom. The maximum Gasteiger partial charge on any atom is 0.220 e. The third kappa shape index (κ3) is 3.53. The number of rotatable bonds is 5. The van der Waals surface area contributed by atoms with Crippen LogP contribution in [-0.4, -0.2) is 65.5 Å². The molecule has 1 aliphatic carbocycles. The lowest BCUT2D eigenvalue weighted by molar-refractivity contribution is -0.152. The molecule has 5 rings (SSSR count). The molecule has 28 heavy (non-hydrogen) atoms. The summed E-state index contributed by atoms with van der Waals surface area (Å²) in [5, 5.41) is 13.8. The molecule has 0 bridgehead atoms. The summed E-state index contributed by atoms with van der Waals surface area (Å²) in [5.74, 6) is 1.60. The van der Waals surface area contributed by atoms with Crippen LogP contribution in [0, 0.1) is 5.92 Å². The molecule has 2 atom stereocenters. The van der Waals surface area contributed by atoms with Gasteiger partial charge in [-0.15, -0.1) is 0 Å². The summed E-state index contributed by atoms with van der Waals surface area (Å²) in [6, 6.07) is 6.56. The Labute approximate surface area is 166 Å². The minimum atomic E-state index is -0.545. The first-order valence-electron chi connectivity index (χ1n) is 10.8. The number of nitrogens with one attached hydrogen (secondary N) is 1. The van der Waals surface area contributed by atoms with E-state index < -0.39 is 6.35 Å². The van der Waals surface area contributed by atoms with Gasteiger partial charge in [0.1, 0.15) is 5.75 Å². The highest BCUT2D eigenvalue weighted by molar-refractivity contribution is 5.79. The van der Waals surface area contributed by atoms with E-state index in [-0.39, 0.29) is 11.4 Å². The number of hydrogen-bond donors (Lipinski definition) is 2. The third-order valence-corrected chi connectivity index (χ3v) is 7.06. The van der Waals surface area contributed by atoms with Gasteiger partial charge >= 0.3 is 0 Å². The van der Waals surface area contributed by atoms with Crippen molar-refractivity contribution in [3.8, 4) is 5.75 Å². The molecule has 0 aromatic heterocycles. The summed E-state index contributed by atoms with van der Waals surface area (Å²) >= 11 is 0. The number of nitrogens with zero attached hydrogens (tertiary/aromatic N) is 2. The lowest BCUT2D eigenvalue weighted by Crippen LogP contribution is -2.59. The number of carbonyl (C=O) groups is 1. The van der Waals surface area contributed by atoms with Crippen LogP contribution in [0.4, 0.5) is 0 Å².